The molecule has 0 bridgehead atoms. The van der Waals surface area contributed by atoms with Crippen LogP contribution in [0.3, 0.4) is 0 Å². The van der Waals surface area contributed by atoms with E-state index in [-0.39, 0.29) is 35.6 Å². The van der Waals surface area contributed by atoms with Crippen molar-refractivity contribution in [3.63, 3.8) is 0 Å². The Labute approximate surface area is 179 Å². The summed E-state index contributed by atoms with van der Waals surface area (Å²) in [6.07, 6.45) is 3.14. The summed E-state index contributed by atoms with van der Waals surface area (Å²) in [7, 11) is 0. The Hall–Kier alpha value is -1.55. The van der Waals surface area contributed by atoms with E-state index in [1.807, 2.05) is 6.92 Å². The summed E-state index contributed by atoms with van der Waals surface area (Å²) in [5.41, 5.74) is 0.520. The number of aliphatic imine (C=N–C) groups is 1. The summed E-state index contributed by atoms with van der Waals surface area (Å²) < 4.78 is 5.52. The van der Waals surface area contributed by atoms with E-state index in [1.165, 1.54) is 12.1 Å². The topological polar surface area (TPSA) is 95.0 Å². The number of nitrogens with zero attached hydrogens (tertiary/aromatic N) is 1. The molecule has 0 spiro atoms. The Morgan fingerprint density at radius 2 is 1.70 bits per heavy atom. The number of halogens is 1. The third kappa shape index (κ3) is 12.5. The number of hydrogen-bond acceptors (Lipinski definition) is 4. The SMILES string of the molecule is CCCCOCCCN=C(NCC)NCCNC(=O)c1ccc(O)cc1.I. The van der Waals surface area contributed by atoms with E-state index in [2.05, 4.69) is 27.9 Å². The highest BCUT2D eigenvalue weighted by Crippen LogP contribution is 2.09. The molecule has 0 radical (unpaired) electrons. The van der Waals surface area contributed by atoms with Gasteiger partial charge in [0.15, 0.2) is 5.96 Å². The van der Waals surface area contributed by atoms with Crippen molar-refractivity contribution >= 4 is 35.8 Å². The minimum Gasteiger partial charge on any atom is -0.508 e. The normalized spacial score (nSPS) is 10.8. The molecule has 1 aromatic rings. The molecule has 0 aromatic heterocycles. The van der Waals surface area contributed by atoms with Gasteiger partial charge in [0.2, 0.25) is 0 Å². The van der Waals surface area contributed by atoms with Crippen LogP contribution in [-0.2, 0) is 4.74 Å². The number of carbonyl (C=O) groups is 1. The molecule has 0 unspecified atom stereocenters. The molecule has 7 nitrogen and oxygen atoms in total. The molecular weight excluding hydrogens is 459 g/mol. The fourth-order valence-corrected chi connectivity index (χ4v) is 2.12. The van der Waals surface area contributed by atoms with E-state index in [1.54, 1.807) is 12.1 Å². The van der Waals surface area contributed by atoms with E-state index in [9.17, 15) is 9.90 Å². The molecule has 1 amide bonds. The highest BCUT2D eigenvalue weighted by Gasteiger charge is 2.04. The van der Waals surface area contributed by atoms with Crippen LogP contribution in [0.4, 0.5) is 0 Å². The maximum absolute atomic E-state index is 12.0. The minimum atomic E-state index is -0.169. The molecule has 0 saturated heterocycles. The van der Waals surface area contributed by atoms with Gasteiger partial charge in [-0.05, 0) is 44.0 Å². The first kappa shape index (κ1) is 25.4. The van der Waals surface area contributed by atoms with Gasteiger partial charge in [0.05, 0.1) is 0 Å². The monoisotopic (exact) mass is 492 g/mol. The molecule has 0 atom stereocenters. The van der Waals surface area contributed by atoms with Gasteiger partial charge in [-0.25, -0.2) is 0 Å². The van der Waals surface area contributed by atoms with Crippen LogP contribution in [0.1, 0.15) is 43.5 Å². The van der Waals surface area contributed by atoms with Crippen LogP contribution in [0.2, 0.25) is 0 Å². The van der Waals surface area contributed by atoms with Crippen molar-refractivity contribution in [3.05, 3.63) is 29.8 Å². The first-order chi connectivity index (χ1) is 12.7. The molecule has 0 aliphatic heterocycles. The average Bonchev–Trinajstić information content (AvgIpc) is 2.64. The second-order valence-corrected chi connectivity index (χ2v) is 5.81. The first-order valence-corrected chi connectivity index (χ1v) is 9.34. The lowest BCUT2D eigenvalue weighted by atomic mass is 10.2. The molecule has 0 heterocycles. The highest BCUT2D eigenvalue weighted by atomic mass is 127. The van der Waals surface area contributed by atoms with Crippen LogP contribution in [0.25, 0.3) is 0 Å². The first-order valence-electron chi connectivity index (χ1n) is 9.34. The number of benzene rings is 1. The number of nitrogens with one attached hydrogen (secondary N) is 3. The highest BCUT2D eigenvalue weighted by molar-refractivity contribution is 14.0. The number of carbonyl (C=O) groups excluding carboxylic acids is 1. The summed E-state index contributed by atoms with van der Waals surface area (Å²) in [6, 6.07) is 6.17. The molecule has 154 valence electrons. The van der Waals surface area contributed by atoms with E-state index in [0.29, 0.717) is 25.2 Å². The van der Waals surface area contributed by atoms with Crippen molar-refractivity contribution in [1.29, 1.82) is 0 Å². The predicted octanol–water partition coefficient (Wildman–Crippen LogP) is 2.50. The van der Waals surface area contributed by atoms with Gasteiger partial charge in [0.1, 0.15) is 5.75 Å². The summed E-state index contributed by atoms with van der Waals surface area (Å²) in [6.45, 7) is 8.23. The number of ether oxygens (including phenoxy) is 1. The zero-order chi connectivity index (χ0) is 19.0. The van der Waals surface area contributed by atoms with Gasteiger partial charge in [-0.2, -0.15) is 0 Å². The van der Waals surface area contributed by atoms with Crippen LogP contribution >= 0.6 is 24.0 Å². The van der Waals surface area contributed by atoms with Crippen LogP contribution in [0.5, 0.6) is 5.75 Å². The van der Waals surface area contributed by atoms with E-state index in [0.717, 1.165) is 45.0 Å². The molecule has 1 aromatic carbocycles. The second-order valence-electron chi connectivity index (χ2n) is 5.81. The third-order valence-corrected chi connectivity index (χ3v) is 3.54. The Morgan fingerprint density at radius 3 is 2.37 bits per heavy atom. The number of unbranched alkanes of at least 4 members (excludes halogenated alkanes) is 1. The number of amides is 1. The molecule has 0 saturated carbocycles. The zero-order valence-electron chi connectivity index (χ0n) is 16.3. The van der Waals surface area contributed by atoms with Gasteiger partial charge < -0.3 is 25.8 Å². The number of rotatable bonds is 12. The molecule has 4 N–H and O–H groups in total. The van der Waals surface area contributed by atoms with Gasteiger partial charge in [0, 0.05) is 45.0 Å². The molecular formula is C19H33IN4O3. The predicted molar refractivity (Wildman–Crippen MR) is 120 cm³/mol. The molecule has 27 heavy (non-hydrogen) atoms. The fraction of sp³-hybridized carbons (Fsp3) is 0.579. The molecule has 0 aliphatic carbocycles. The van der Waals surface area contributed by atoms with Crippen molar-refractivity contribution in [2.45, 2.75) is 33.1 Å². The summed E-state index contributed by atoms with van der Waals surface area (Å²) in [5.74, 6) is 0.711. The summed E-state index contributed by atoms with van der Waals surface area (Å²) in [5, 5.41) is 18.4. The standard InChI is InChI=1S/C19H32N4O3.HI/c1-3-5-14-26-15-6-11-22-19(20-4-2)23-13-12-21-18(25)16-7-9-17(24)10-8-16;/h7-10,24H,3-6,11-15H2,1-2H3,(H,21,25)(H2,20,22,23);1H. The number of aromatic hydroxyl groups is 1. The smallest absolute Gasteiger partial charge is 0.251 e. The lowest BCUT2D eigenvalue weighted by Gasteiger charge is -2.12. The van der Waals surface area contributed by atoms with Crippen molar-refractivity contribution < 1.29 is 14.6 Å². The van der Waals surface area contributed by atoms with E-state index < -0.39 is 0 Å². The lowest BCUT2D eigenvalue weighted by Crippen LogP contribution is -2.41. The zero-order valence-corrected chi connectivity index (χ0v) is 18.6. The molecule has 0 fully saturated rings. The molecule has 1 rings (SSSR count). The quantitative estimate of drug-likeness (QED) is 0.156. The van der Waals surface area contributed by atoms with Crippen molar-refractivity contribution in [3.8, 4) is 5.75 Å². The maximum atomic E-state index is 12.0. The molecule has 0 aliphatic rings. The van der Waals surface area contributed by atoms with Crippen molar-refractivity contribution in [2.24, 2.45) is 4.99 Å². The average molecular weight is 492 g/mol. The third-order valence-electron chi connectivity index (χ3n) is 3.54. The van der Waals surface area contributed by atoms with Gasteiger partial charge in [0.25, 0.3) is 5.91 Å². The fourth-order valence-electron chi connectivity index (χ4n) is 2.12. The number of phenols is 1. The van der Waals surface area contributed by atoms with E-state index >= 15 is 0 Å². The van der Waals surface area contributed by atoms with Gasteiger partial charge in [-0.1, -0.05) is 13.3 Å². The Kier molecular flexibility index (Phi) is 15.7. The summed E-state index contributed by atoms with van der Waals surface area (Å²) in [4.78, 5) is 16.5. The van der Waals surface area contributed by atoms with Crippen LogP contribution in [-0.4, -0.2) is 56.4 Å². The number of guanidine groups is 1. The van der Waals surface area contributed by atoms with E-state index in [4.69, 9.17) is 4.74 Å². The van der Waals surface area contributed by atoms with Gasteiger partial charge >= 0.3 is 0 Å². The Bertz CT molecular complexity index is 538. The number of hydrogen-bond donors (Lipinski definition) is 4. The van der Waals surface area contributed by atoms with Gasteiger partial charge in [-0.15, -0.1) is 24.0 Å². The van der Waals surface area contributed by atoms with Crippen LogP contribution in [0.15, 0.2) is 29.3 Å². The van der Waals surface area contributed by atoms with Crippen LogP contribution in [0, 0.1) is 0 Å². The van der Waals surface area contributed by atoms with Gasteiger partial charge in [-0.3, -0.25) is 9.79 Å². The van der Waals surface area contributed by atoms with Crippen molar-refractivity contribution in [2.75, 3.05) is 39.4 Å². The second kappa shape index (κ2) is 16.6. The largest absolute Gasteiger partial charge is 0.508 e. The Morgan fingerprint density at radius 1 is 1.04 bits per heavy atom. The maximum Gasteiger partial charge on any atom is 0.251 e. The van der Waals surface area contributed by atoms with Crippen molar-refractivity contribution in [1.82, 2.24) is 16.0 Å². The summed E-state index contributed by atoms with van der Waals surface area (Å²) >= 11 is 0. The lowest BCUT2D eigenvalue weighted by molar-refractivity contribution is 0.0954. The molecule has 8 heteroatoms. The number of phenolic OH excluding ortho intramolecular Hbond substituents is 1. The Balaban J connectivity index is 0.00000676. The minimum absolute atomic E-state index is 0. The van der Waals surface area contributed by atoms with Crippen LogP contribution < -0.4 is 16.0 Å².